The zero-order valence-electron chi connectivity index (χ0n) is 13.5. The number of urea groups is 1. The first-order valence-corrected chi connectivity index (χ1v) is 7.89. The van der Waals surface area contributed by atoms with Crippen molar-refractivity contribution in [2.45, 2.75) is 13.5 Å². The molecule has 1 saturated heterocycles. The molecule has 1 aliphatic rings. The molecule has 0 unspecified atom stereocenters. The van der Waals surface area contributed by atoms with E-state index in [2.05, 4.69) is 20.9 Å². The number of aromatic nitrogens is 3. The second kappa shape index (κ2) is 7.12. The molecule has 2 heterocycles. The van der Waals surface area contributed by atoms with Crippen molar-refractivity contribution in [1.82, 2.24) is 30.5 Å². The van der Waals surface area contributed by atoms with Crippen LogP contribution < -0.4 is 10.6 Å². The summed E-state index contributed by atoms with van der Waals surface area (Å²) in [5, 5.41) is 13.4. The molecule has 24 heavy (non-hydrogen) atoms. The first kappa shape index (κ1) is 16.0. The Bertz CT molecular complexity index is 742. The molecule has 126 valence electrons. The lowest BCUT2D eigenvalue weighted by Crippen LogP contribution is -2.36. The highest BCUT2D eigenvalue weighted by atomic mass is 16.2. The molecule has 8 heteroatoms. The van der Waals surface area contributed by atoms with Crippen LogP contribution in [0.2, 0.25) is 0 Å². The summed E-state index contributed by atoms with van der Waals surface area (Å²) in [5.74, 6) is -0.286. The van der Waals surface area contributed by atoms with Crippen molar-refractivity contribution >= 4 is 11.9 Å². The summed E-state index contributed by atoms with van der Waals surface area (Å²) in [5.41, 5.74) is 2.58. The van der Waals surface area contributed by atoms with E-state index in [1.54, 1.807) is 15.8 Å². The SMILES string of the molecule is Cc1ccccc1Cn1cc(C(=O)NCCN2CCNC2=O)nn1. The van der Waals surface area contributed by atoms with Gasteiger partial charge in [-0.25, -0.2) is 9.48 Å². The number of hydrogen-bond acceptors (Lipinski definition) is 4. The molecule has 1 aromatic heterocycles. The molecule has 1 aromatic carbocycles. The minimum absolute atomic E-state index is 0.0894. The van der Waals surface area contributed by atoms with E-state index in [1.165, 1.54) is 5.56 Å². The summed E-state index contributed by atoms with van der Waals surface area (Å²) in [6, 6.07) is 7.93. The predicted octanol–water partition coefficient (Wildman–Crippen LogP) is 0.390. The smallest absolute Gasteiger partial charge is 0.317 e. The van der Waals surface area contributed by atoms with Crippen LogP contribution in [0, 0.1) is 6.92 Å². The third kappa shape index (κ3) is 3.70. The van der Waals surface area contributed by atoms with Crippen molar-refractivity contribution in [3.8, 4) is 0 Å². The van der Waals surface area contributed by atoms with Gasteiger partial charge < -0.3 is 15.5 Å². The number of amides is 3. The van der Waals surface area contributed by atoms with Crippen LogP contribution in [-0.2, 0) is 6.54 Å². The Balaban J connectivity index is 1.52. The average molecular weight is 328 g/mol. The van der Waals surface area contributed by atoms with Gasteiger partial charge in [-0.3, -0.25) is 4.79 Å². The third-order valence-corrected chi connectivity index (χ3v) is 3.98. The summed E-state index contributed by atoms with van der Waals surface area (Å²) in [4.78, 5) is 25.1. The molecule has 3 amide bonds. The maximum absolute atomic E-state index is 12.1. The normalized spacial score (nSPS) is 13.9. The van der Waals surface area contributed by atoms with Crippen molar-refractivity contribution in [1.29, 1.82) is 0 Å². The van der Waals surface area contributed by atoms with Crippen molar-refractivity contribution in [2.75, 3.05) is 26.2 Å². The molecule has 8 nitrogen and oxygen atoms in total. The third-order valence-electron chi connectivity index (χ3n) is 3.98. The number of aryl methyl sites for hydroxylation is 1. The first-order valence-electron chi connectivity index (χ1n) is 7.89. The van der Waals surface area contributed by atoms with Crippen LogP contribution in [0.5, 0.6) is 0 Å². The van der Waals surface area contributed by atoms with Crippen molar-refractivity contribution < 1.29 is 9.59 Å². The number of benzene rings is 1. The lowest BCUT2D eigenvalue weighted by Gasteiger charge is -2.13. The van der Waals surface area contributed by atoms with Gasteiger partial charge in [0.2, 0.25) is 0 Å². The van der Waals surface area contributed by atoms with E-state index in [0.717, 1.165) is 5.56 Å². The highest BCUT2D eigenvalue weighted by molar-refractivity contribution is 5.91. The second-order valence-electron chi connectivity index (χ2n) is 5.70. The Kier molecular flexibility index (Phi) is 4.74. The van der Waals surface area contributed by atoms with E-state index in [-0.39, 0.29) is 17.6 Å². The molecule has 1 fully saturated rings. The number of nitrogens with one attached hydrogen (secondary N) is 2. The van der Waals surface area contributed by atoms with Crippen LogP contribution in [0.25, 0.3) is 0 Å². The molecule has 0 aliphatic carbocycles. The summed E-state index contributed by atoms with van der Waals surface area (Å²) >= 11 is 0. The summed E-state index contributed by atoms with van der Waals surface area (Å²) < 4.78 is 1.64. The van der Waals surface area contributed by atoms with E-state index < -0.39 is 0 Å². The number of nitrogens with zero attached hydrogens (tertiary/aromatic N) is 4. The number of carbonyl (C=O) groups excluding carboxylic acids is 2. The molecule has 0 radical (unpaired) electrons. The Hall–Kier alpha value is -2.90. The zero-order valence-corrected chi connectivity index (χ0v) is 13.5. The predicted molar refractivity (Wildman–Crippen MR) is 87.6 cm³/mol. The van der Waals surface area contributed by atoms with E-state index in [1.807, 2.05) is 31.2 Å². The lowest BCUT2D eigenvalue weighted by atomic mass is 10.1. The van der Waals surface area contributed by atoms with Crippen LogP contribution in [0.15, 0.2) is 30.5 Å². The summed E-state index contributed by atoms with van der Waals surface area (Å²) in [6.07, 6.45) is 1.63. The van der Waals surface area contributed by atoms with Gasteiger partial charge in [0.15, 0.2) is 5.69 Å². The van der Waals surface area contributed by atoms with Gasteiger partial charge in [0.1, 0.15) is 0 Å². The average Bonchev–Trinajstić information content (AvgIpc) is 3.19. The van der Waals surface area contributed by atoms with Gasteiger partial charge in [0, 0.05) is 26.2 Å². The molecule has 2 N–H and O–H groups in total. The molecule has 0 saturated carbocycles. The monoisotopic (exact) mass is 328 g/mol. The lowest BCUT2D eigenvalue weighted by molar-refractivity contribution is 0.0945. The highest BCUT2D eigenvalue weighted by Gasteiger charge is 2.19. The largest absolute Gasteiger partial charge is 0.349 e. The van der Waals surface area contributed by atoms with Crippen LogP contribution >= 0.6 is 0 Å². The summed E-state index contributed by atoms with van der Waals surface area (Å²) in [6.45, 7) is 4.79. The van der Waals surface area contributed by atoms with E-state index in [9.17, 15) is 9.59 Å². The van der Waals surface area contributed by atoms with Crippen LogP contribution in [0.1, 0.15) is 21.6 Å². The fraction of sp³-hybridized carbons (Fsp3) is 0.375. The standard InChI is InChI=1S/C16H20N6O2/c1-12-4-2-3-5-13(12)10-22-11-14(19-20-22)15(23)17-6-8-21-9-7-18-16(21)24/h2-5,11H,6-10H2,1H3,(H,17,23)(H,18,24). The van der Waals surface area contributed by atoms with Crippen molar-refractivity contribution in [3.63, 3.8) is 0 Å². The molecule has 0 bridgehead atoms. The topological polar surface area (TPSA) is 92.2 Å². The zero-order chi connectivity index (χ0) is 16.9. The molecular weight excluding hydrogens is 308 g/mol. The van der Waals surface area contributed by atoms with Gasteiger partial charge in [-0.05, 0) is 18.1 Å². The molecule has 0 spiro atoms. The van der Waals surface area contributed by atoms with Crippen LogP contribution in [0.3, 0.4) is 0 Å². The van der Waals surface area contributed by atoms with Crippen molar-refractivity contribution in [2.24, 2.45) is 0 Å². The highest BCUT2D eigenvalue weighted by Crippen LogP contribution is 2.08. The second-order valence-corrected chi connectivity index (χ2v) is 5.70. The van der Waals surface area contributed by atoms with Gasteiger partial charge in [-0.15, -0.1) is 5.10 Å². The van der Waals surface area contributed by atoms with E-state index >= 15 is 0 Å². The maximum atomic E-state index is 12.1. The number of rotatable bonds is 6. The number of carbonyl (C=O) groups is 2. The Morgan fingerprint density at radius 1 is 1.38 bits per heavy atom. The van der Waals surface area contributed by atoms with Gasteiger partial charge in [0.05, 0.1) is 12.7 Å². The van der Waals surface area contributed by atoms with Gasteiger partial charge >= 0.3 is 6.03 Å². The molecule has 0 atom stereocenters. The Morgan fingerprint density at radius 3 is 2.96 bits per heavy atom. The minimum atomic E-state index is -0.286. The van der Waals surface area contributed by atoms with Gasteiger partial charge in [0.25, 0.3) is 5.91 Å². The van der Waals surface area contributed by atoms with Crippen LogP contribution in [-0.4, -0.2) is 58.0 Å². The van der Waals surface area contributed by atoms with Crippen LogP contribution in [0.4, 0.5) is 4.79 Å². The molecule has 3 rings (SSSR count). The maximum Gasteiger partial charge on any atom is 0.317 e. The van der Waals surface area contributed by atoms with Crippen molar-refractivity contribution in [3.05, 3.63) is 47.3 Å². The fourth-order valence-corrected chi connectivity index (χ4v) is 2.56. The first-order chi connectivity index (χ1) is 11.6. The summed E-state index contributed by atoms with van der Waals surface area (Å²) in [7, 11) is 0. The fourth-order valence-electron chi connectivity index (χ4n) is 2.56. The van der Waals surface area contributed by atoms with Gasteiger partial charge in [-0.2, -0.15) is 0 Å². The number of hydrogen-bond donors (Lipinski definition) is 2. The molecule has 2 aromatic rings. The minimum Gasteiger partial charge on any atom is -0.349 e. The Labute approximate surface area is 139 Å². The molecular formula is C16H20N6O2. The van der Waals surface area contributed by atoms with E-state index in [0.29, 0.717) is 32.7 Å². The van der Waals surface area contributed by atoms with Gasteiger partial charge in [-0.1, -0.05) is 29.5 Å². The molecule has 1 aliphatic heterocycles. The quantitative estimate of drug-likeness (QED) is 0.802. The van der Waals surface area contributed by atoms with E-state index in [4.69, 9.17) is 0 Å². The Morgan fingerprint density at radius 2 is 2.21 bits per heavy atom.